The number of rotatable bonds is 4. The van der Waals surface area contributed by atoms with Crippen molar-refractivity contribution in [2.24, 2.45) is 0 Å². The van der Waals surface area contributed by atoms with E-state index < -0.39 is 24.0 Å². The zero-order chi connectivity index (χ0) is 12.3. The van der Waals surface area contributed by atoms with E-state index in [0.717, 1.165) is 11.3 Å². The molecule has 0 aromatic carbocycles. The van der Waals surface area contributed by atoms with Gasteiger partial charge in [-0.25, -0.2) is 9.78 Å². The van der Waals surface area contributed by atoms with Crippen LogP contribution in [0.5, 0.6) is 0 Å². The van der Waals surface area contributed by atoms with Crippen LogP contribution in [-0.2, 0) is 4.79 Å². The average Bonchev–Trinajstić information content (AvgIpc) is 2.59. The minimum Gasteiger partial charge on any atom is -0.480 e. The summed E-state index contributed by atoms with van der Waals surface area (Å²) < 4.78 is 0. The quantitative estimate of drug-likeness (QED) is 0.693. The predicted octanol–water partition coefficient (Wildman–Crippen LogP) is 0.0153. The largest absolute Gasteiger partial charge is 0.480 e. The van der Waals surface area contributed by atoms with Gasteiger partial charge in [-0.1, -0.05) is 0 Å². The number of amides is 1. The summed E-state index contributed by atoms with van der Waals surface area (Å²) in [4.78, 5) is 26.6. The van der Waals surface area contributed by atoms with E-state index in [4.69, 9.17) is 5.11 Å². The van der Waals surface area contributed by atoms with Gasteiger partial charge >= 0.3 is 5.97 Å². The van der Waals surface area contributed by atoms with Gasteiger partial charge in [0.15, 0.2) is 6.04 Å². The minimum absolute atomic E-state index is 0.354. The Hall–Kier alpha value is -1.47. The van der Waals surface area contributed by atoms with E-state index >= 15 is 0 Å². The number of carbonyl (C=O) groups excluding carboxylic acids is 1. The van der Waals surface area contributed by atoms with Crippen LogP contribution in [0.1, 0.15) is 22.3 Å². The molecule has 0 saturated heterocycles. The molecule has 1 rings (SSSR count). The summed E-state index contributed by atoms with van der Waals surface area (Å²) in [6, 6.07) is -1.31. The number of aliphatic hydroxyl groups excluding tert-OH is 1. The number of aliphatic carboxylic acids is 1. The summed E-state index contributed by atoms with van der Waals surface area (Å²) in [5.74, 6) is -1.81. The molecule has 6 nitrogen and oxygen atoms in total. The fourth-order valence-corrected chi connectivity index (χ4v) is 1.82. The van der Waals surface area contributed by atoms with Crippen molar-refractivity contribution in [3.05, 3.63) is 16.1 Å². The zero-order valence-corrected chi connectivity index (χ0v) is 9.61. The number of nitrogens with one attached hydrogen (secondary N) is 1. The Labute approximate surface area is 95.9 Å². The maximum absolute atomic E-state index is 11.6. The van der Waals surface area contributed by atoms with E-state index in [1.54, 1.807) is 6.92 Å². The lowest BCUT2D eigenvalue weighted by Gasteiger charge is -2.16. The van der Waals surface area contributed by atoms with Crippen molar-refractivity contribution >= 4 is 23.2 Å². The van der Waals surface area contributed by atoms with E-state index in [0.29, 0.717) is 10.6 Å². The van der Waals surface area contributed by atoms with Crippen molar-refractivity contribution in [2.75, 3.05) is 0 Å². The lowest BCUT2D eigenvalue weighted by molar-refractivity contribution is -0.141. The van der Waals surface area contributed by atoms with Crippen molar-refractivity contribution in [3.8, 4) is 0 Å². The van der Waals surface area contributed by atoms with Gasteiger partial charge in [0.05, 0.1) is 17.3 Å². The second-order valence-corrected chi connectivity index (χ2v) is 4.15. The minimum atomic E-state index is -1.31. The summed E-state index contributed by atoms with van der Waals surface area (Å²) in [7, 11) is 0. The molecule has 1 aromatic heterocycles. The third-order valence-electron chi connectivity index (χ3n) is 1.99. The van der Waals surface area contributed by atoms with Crippen molar-refractivity contribution in [2.45, 2.75) is 26.0 Å². The van der Waals surface area contributed by atoms with Gasteiger partial charge in [0, 0.05) is 0 Å². The maximum Gasteiger partial charge on any atom is 0.328 e. The topological polar surface area (TPSA) is 99.5 Å². The molecule has 7 heteroatoms. The molecule has 0 spiro atoms. The first kappa shape index (κ1) is 12.6. The number of carboxylic acid groups (broad SMARTS) is 1. The Morgan fingerprint density at radius 1 is 1.56 bits per heavy atom. The van der Waals surface area contributed by atoms with Crippen LogP contribution in [0, 0.1) is 6.92 Å². The fourth-order valence-electron chi connectivity index (χ4n) is 1.12. The number of aliphatic hydroxyl groups is 1. The number of carbonyl (C=O) groups is 2. The molecule has 0 aliphatic rings. The highest BCUT2D eigenvalue weighted by Gasteiger charge is 2.26. The third-order valence-corrected chi connectivity index (χ3v) is 2.91. The van der Waals surface area contributed by atoms with Crippen LogP contribution < -0.4 is 5.32 Å². The monoisotopic (exact) mass is 244 g/mol. The van der Waals surface area contributed by atoms with Gasteiger partial charge in [0.25, 0.3) is 5.91 Å². The molecule has 0 saturated carbocycles. The number of carboxylic acids is 1. The molecule has 0 aliphatic carbocycles. The molecule has 88 valence electrons. The molecule has 1 heterocycles. The molecule has 0 radical (unpaired) electrons. The Kier molecular flexibility index (Phi) is 3.97. The second kappa shape index (κ2) is 5.04. The maximum atomic E-state index is 11.6. The van der Waals surface area contributed by atoms with Crippen LogP contribution in [-0.4, -0.2) is 39.2 Å². The van der Waals surface area contributed by atoms with Crippen molar-refractivity contribution < 1.29 is 19.8 Å². The lowest BCUT2D eigenvalue weighted by Crippen LogP contribution is -2.47. The van der Waals surface area contributed by atoms with E-state index in [2.05, 4.69) is 10.3 Å². The Morgan fingerprint density at radius 2 is 2.19 bits per heavy atom. The van der Waals surface area contributed by atoms with Gasteiger partial charge in [0.2, 0.25) is 0 Å². The highest BCUT2D eigenvalue weighted by atomic mass is 32.1. The summed E-state index contributed by atoms with van der Waals surface area (Å²) in [6.45, 7) is 2.96. The van der Waals surface area contributed by atoms with Gasteiger partial charge < -0.3 is 15.5 Å². The standard InChI is InChI=1S/C9H12N2O4S/c1-4-7(16-3-10-4)8(13)11-6(5(2)12)9(14)15/h3,5-6,12H,1-2H3,(H,11,13)(H,14,15)/t5-,6+/m1/s1. The molecular weight excluding hydrogens is 232 g/mol. The molecule has 0 bridgehead atoms. The number of nitrogens with zero attached hydrogens (tertiary/aromatic N) is 1. The summed E-state index contributed by atoms with van der Waals surface area (Å²) >= 11 is 1.13. The van der Waals surface area contributed by atoms with Crippen molar-refractivity contribution in [3.63, 3.8) is 0 Å². The van der Waals surface area contributed by atoms with E-state index in [1.807, 2.05) is 0 Å². The molecule has 1 amide bonds. The molecule has 0 fully saturated rings. The molecule has 3 N–H and O–H groups in total. The summed E-state index contributed by atoms with van der Waals surface area (Å²) in [6.07, 6.45) is -1.16. The SMILES string of the molecule is Cc1ncsc1C(=O)N[C@H](C(=O)O)[C@@H](C)O. The second-order valence-electron chi connectivity index (χ2n) is 3.30. The number of hydrogen-bond donors (Lipinski definition) is 3. The first-order valence-electron chi connectivity index (χ1n) is 4.55. The Balaban J connectivity index is 2.77. The Bertz CT molecular complexity index is 402. The van der Waals surface area contributed by atoms with Crippen LogP contribution >= 0.6 is 11.3 Å². The molecular formula is C9H12N2O4S. The molecule has 0 unspecified atom stereocenters. The summed E-state index contributed by atoms with van der Waals surface area (Å²) in [5, 5.41) is 20.2. The van der Waals surface area contributed by atoms with Gasteiger partial charge in [-0.15, -0.1) is 11.3 Å². The number of hydrogen-bond acceptors (Lipinski definition) is 5. The number of aryl methyl sites for hydroxylation is 1. The third kappa shape index (κ3) is 2.77. The summed E-state index contributed by atoms with van der Waals surface area (Å²) in [5.41, 5.74) is 2.04. The highest BCUT2D eigenvalue weighted by Crippen LogP contribution is 2.12. The zero-order valence-electron chi connectivity index (χ0n) is 8.80. The highest BCUT2D eigenvalue weighted by molar-refractivity contribution is 7.11. The van der Waals surface area contributed by atoms with Crippen LogP contribution in [0.2, 0.25) is 0 Å². The average molecular weight is 244 g/mol. The van der Waals surface area contributed by atoms with Gasteiger partial charge in [0.1, 0.15) is 4.88 Å². The van der Waals surface area contributed by atoms with Crippen molar-refractivity contribution in [1.82, 2.24) is 10.3 Å². The van der Waals surface area contributed by atoms with E-state index in [9.17, 15) is 14.7 Å². The van der Waals surface area contributed by atoms with Gasteiger partial charge in [-0.2, -0.15) is 0 Å². The smallest absolute Gasteiger partial charge is 0.328 e. The number of thiazole rings is 1. The molecule has 2 atom stereocenters. The van der Waals surface area contributed by atoms with Crippen molar-refractivity contribution in [1.29, 1.82) is 0 Å². The predicted molar refractivity (Wildman–Crippen MR) is 57.4 cm³/mol. The molecule has 16 heavy (non-hydrogen) atoms. The van der Waals surface area contributed by atoms with Crippen LogP contribution in [0.4, 0.5) is 0 Å². The number of aromatic nitrogens is 1. The van der Waals surface area contributed by atoms with Gasteiger partial charge in [-0.05, 0) is 13.8 Å². The first-order valence-corrected chi connectivity index (χ1v) is 5.43. The van der Waals surface area contributed by atoms with Crippen LogP contribution in [0.3, 0.4) is 0 Å². The first-order chi connectivity index (χ1) is 7.43. The lowest BCUT2D eigenvalue weighted by atomic mass is 10.2. The molecule has 0 aliphatic heterocycles. The van der Waals surface area contributed by atoms with Crippen LogP contribution in [0.15, 0.2) is 5.51 Å². The Morgan fingerprint density at radius 3 is 2.56 bits per heavy atom. The fraction of sp³-hybridized carbons (Fsp3) is 0.444. The normalized spacial score (nSPS) is 14.2. The van der Waals surface area contributed by atoms with Gasteiger partial charge in [-0.3, -0.25) is 4.79 Å². The molecule has 1 aromatic rings. The van der Waals surface area contributed by atoms with Crippen LogP contribution in [0.25, 0.3) is 0 Å². The van der Waals surface area contributed by atoms with E-state index in [1.165, 1.54) is 12.4 Å². The van der Waals surface area contributed by atoms with E-state index in [-0.39, 0.29) is 0 Å².